The SMILES string of the molecule is CCC(CN)C(C)C1OCC(C)O1. The Hall–Kier alpha value is -0.120. The number of hydrogen-bond donors (Lipinski definition) is 1. The Kier molecular flexibility index (Phi) is 4.16. The van der Waals surface area contributed by atoms with Crippen molar-refractivity contribution in [1.82, 2.24) is 0 Å². The maximum absolute atomic E-state index is 5.68. The monoisotopic (exact) mass is 187 g/mol. The van der Waals surface area contributed by atoms with E-state index < -0.39 is 0 Å². The molecule has 0 aliphatic carbocycles. The Morgan fingerprint density at radius 1 is 1.54 bits per heavy atom. The summed E-state index contributed by atoms with van der Waals surface area (Å²) in [5.74, 6) is 0.912. The largest absolute Gasteiger partial charge is 0.350 e. The quantitative estimate of drug-likeness (QED) is 0.723. The molecule has 3 heteroatoms. The molecule has 1 saturated heterocycles. The van der Waals surface area contributed by atoms with Crippen molar-refractivity contribution in [2.45, 2.75) is 39.6 Å². The highest BCUT2D eigenvalue weighted by Crippen LogP contribution is 2.25. The van der Waals surface area contributed by atoms with Gasteiger partial charge in [-0.3, -0.25) is 0 Å². The summed E-state index contributed by atoms with van der Waals surface area (Å²) < 4.78 is 11.2. The second-order valence-corrected chi connectivity index (χ2v) is 3.91. The summed E-state index contributed by atoms with van der Waals surface area (Å²) in [6.07, 6.45) is 1.29. The van der Waals surface area contributed by atoms with Crippen molar-refractivity contribution in [3.63, 3.8) is 0 Å². The third kappa shape index (κ3) is 2.66. The molecule has 0 amide bonds. The van der Waals surface area contributed by atoms with E-state index in [0.29, 0.717) is 11.8 Å². The van der Waals surface area contributed by atoms with Gasteiger partial charge in [0, 0.05) is 5.92 Å². The van der Waals surface area contributed by atoms with E-state index in [1.165, 1.54) is 0 Å². The van der Waals surface area contributed by atoms with Crippen molar-refractivity contribution in [2.75, 3.05) is 13.2 Å². The van der Waals surface area contributed by atoms with Gasteiger partial charge < -0.3 is 15.2 Å². The molecule has 2 N–H and O–H groups in total. The highest BCUT2D eigenvalue weighted by molar-refractivity contribution is 4.73. The molecule has 0 aromatic carbocycles. The van der Waals surface area contributed by atoms with Crippen LogP contribution >= 0.6 is 0 Å². The summed E-state index contributed by atoms with van der Waals surface area (Å²) in [6.45, 7) is 7.79. The lowest BCUT2D eigenvalue weighted by Gasteiger charge is -2.25. The smallest absolute Gasteiger partial charge is 0.161 e. The highest BCUT2D eigenvalue weighted by atomic mass is 16.7. The number of nitrogens with two attached hydrogens (primary N) is 1. The fraction of sp³-hybridized carbons (Fsp3) is 1.00. The third-order valence-electron chi connectivity index (χ3n) is 2.86. The molecule has 1 fully saturated rings. The Morgan fingerprint density at radius 3 is 2.62 bits per heavy atom. The molecule has 3 nitrogen and oxygen atoms in total. The van der Waals surface area contributed by atoms with Gasteiger partial charge >= 0.3 is 0 Å². The summed E-state index contributed by atoms with van der Waals surface area (Å²) >= 11 is 0. The van der Waals surface area contributed by atoms with Crippen LogP contribution in [0.5, 0.6) is 0 Å². The van der Waals surface area contributed by atoms with E-state index in [1.807, 2.05) is 6.92 Å². The Bertz CT molecular complexity index is 148. The molecule has 0 radical (unpaired) electrons. The first kappa shape index (κ1) is 11.0. The van der Waals surface area contributed by atoms with Gasteiger partial charge in [-0.15, -0.1) is 0 Å². The van der Waals surface area contributed by atoms with Crippen LogP contribution in [0, 0.1) is 11.8 Å². The molecule has 13 heavy (non-hydrogen) atoms. The van der Waals surface area contributed by atoms with E-state index >= 15 is 0 Å². The molecule has 0 aromatic rings. The fourth-order valence-corrected chi connectivity index (χ4v) is 1.79. The van der Waals surface area contributed by atoms with Crippen LogP contribution in [0.3, 0.4) is 0 Å². The highest BCUT2D eigenvalue weighted by Gasteiger charge is 2.31. The Morgan fingerprint density at radius 2 is 2.23 bits per heavy atom. The van der Waals surface area contributed by atoms with E-state index in [9.17, 15) is 0 Å². The Labute approximate surface area is 80.6 Å². The predicted molar refractivity (Wildman–Crippen MR) is 52.3 cm³/mol. The van der Waals surface area contributed by atoms with Crippen molar-refractivity contribution in [3.05, 3.63) is 0 Å². The van der Waals surface area contributed by atoms with E-state index in [1.54, 1.807) is 0 Å². The minimum absolute atomic E-state index is 0.0384. The summed E-state index contributed by atoms with van der Waals surface area (Å²) in [7, 11) is 0. The zero-order valence-electron chi connectivity index (χ0n) is 8.82. The normalized spacial score (nSPS) is 33.2. The topological polar surface area (TPSA) is 44.5 Å². The van der Waals surface area contributed by atoms with E-state index in [4.69, 9.17) is 15.2 Å². The molecule has 0 saturated carbocycles. The van der Waals surface area contributed by atoms with Crippen molar-refractivity contribution in [2.24, 2.45) is 17.6 Å². The average molecular weight is 187 g/mol. The van der Waals surface area contributed by atoms with Gasteiger partial charge in [-0.05, 0) is 19.4 Å². The lowest BCUT2D eigenvalue weighted by atomic mass is 9.91. The van der Waals surface area contributed by atoms with Crippen LogP contribution < -0.4 is 5.73 Å². The van der Waals surface area contributed by atoms with E-state index in [2.05, 4.69) is 13.8 Å². The molecule has 0 bridgehead atoms. The molecule has 1 aliphatic rings. The summed E-state index contributed by atoms with van der Waals surface area (Å²) in [5, 5.41) is 0. The fourth-order valence-electron chi connectivity index (χ4n) is 1.79. The summed E-state index contributed by atoms with van der Waals surface area (Å²) in [4.78, 5) is 0. The van der Waals surface area contributed by atoms with Gasteiger partial charge in [0.2, 0.25) is 0 Å². The molecule has 1 heterocycles. The zero-order chi connectivity index (χ0) is 9.84. The number of ether oxygens (including phenoxy) is 2. The van der Waals surface area contributed by atoms with Crippen LogP contribution in [0.25, 0.3) is 0 Å². The second-order valence-electron chi connectivity index (χ2n) is 3.91. The third-order valence-corrected chi connectivity index (χ3v) is 2.86. The first-order valence-electron chi connectivity index (χ1n) is 5.16. The maximum atomic E-state index is 5.68. The molecule has 4 unspecified atom stereocenters. The number of rotatable bonds is 4. The van der Waals surface area contributed by atoms with Gasteiger partial charge in [-0.2, -0.15) is 0 Å². The zero-order valence-corrected chi connectivity index (χ0v) is 8.82. The van der Waals surface area contributed by atoms with Crippen molar-refractivity contribution >= 4 is 0 Å². The summed E-state index contributed by atoms with van der Waals surface area (Å²) in [5.41, 5.74) is 5.68. The van der Waals surface area contributed by atoms with E-state index in [-0.39, 0.29) is 12.4 Å². The van der Waals surface area contributed by atoms with Gasteiger partial charge in [0.05, 0.1) is 12.7 Å². The minimum atomic E-state index is -0.0384. The summed E-state index contributed by atoms with van der Waals surface area (Å²) in [6, 6.07) is 0. The molecular weight excluding hydrogens is 166 g/mol. The predicted octanol–water partition coefficient (Wildman–Crippen LogP) is 1.37. The van der Waals surface area contributed by atoms with Gasteiger partial charge in [0.1, 0.15) is 0 Å². The second kappa shape index (κ2) is 4.94. The van der Waals surface area contributed by atoms with Crippen LogP contribution in [0.15, 0.2) is 0 Å². The first-order valence-corrected chi connectivity index (χ1v) is 5.16. The molecular formula is C10H21NO2. The van der Waals surface area contributed by atoms with Crippen LogP contribution in [-0.2, 0) is 9.47 Å². The van der Waals surface area contributed by atoms with Gasteiger partial charge in [0.15, 0.2) is 6.29 Å². The van der Waals surface area contributed by atoms with Crippen LogP contribution in [-0.4, -0.2) is 25.5 Å². The molecule has 0 spiro atoms. The van der Waals surface area contributed by atoms with Crippen LogP contribution in [0.1, 0.15) is 27.2 Å². The van der Waals surface area contributed by atoms with E-state index in [0.717, 1.165) is 19.6 Å². The molecule has 78 valence electrons. The first-order chi connectivity index (χ1) is 6.19. The number of hydrogen-bond acceptors (Lipinski definition) is 3. The standard InChI is InChI=1S/C10H21NO2/c1-4-9(5-11)8(3)10-12-6-7(2)13-10/h7-10H,4-6,11H2,1-3H3. The van der Waals surface area contributed by atoms with Gasteiger partial charge in [-0.1, -0.05) is 20.3 Å². The van der Waals surface area contributed by atoms with Crippen LogP contribution in [0.4, 0.5) is 0 Å². The molecule has 4 atom stereocenters. The molecule has 1 rings (SSSR count). The maximum Gasteiger partial charge on any atom is 0.161 e. The van der Waals surface area contributed by atoms with Crippen molar-refractivity contribution in [1.29, 1.82) is 0 Å². The van der Waals surface area contributed by atoms with Crippen molar-refractivity contribution < 1.29 is 9.47 Å². The lowest BCUT2D eigenvalue weighted by Crippen LogP contribution is -2.31. The van der Waals surface area contributed by atoms with Gasteiger partial charge in [0.25, 0.3) is 0 Å². The average Bonchev–Trinajstić information content (AvgIpc) is 2.54. The van der Waals surface area contributed by atoms with Crippen LogP contribution in [0.2, 0.25) is 0 Å². The van der Waals surface area contributed by atoms with Gasteiger partial charge in [-0.25, -0.2) is 0 Å². The lowest BCUT2D eigenvalue weighted by molar-refractivity contribution is -0.103. The minimum Gasteiger partial charge on any atom is -0.350 e. The Balaban J connectivity index is 2.41. The molecule has 0 aromatic heterocycles. The molecule has 1 aliphatic heterocycles. The van der Waals surface area contributed by atoms with Crippen molar-refractivity contribution in [3.8, 4) is 0 Å².